The zero-order valence-corrected chi connectivity index (χ0v) is 45.9. The van der Waals surface area contributed by atoms with E-state index in [2.05, 4.69) is 313 Å². The van der Waals surface area contributed by atoms with Crippen molar-refractivity contribution in [1.29, 1.82) is 0 Å². The molecule has 4 heterocycles. The molecule has 1 aliphatic rings. The minimum absolute atomic E-state index is 0.0887. The number of hydrogen-bond donors (Lipinski definition) is 0. The van der Waals surface area contributed by atoms with Gasteiger partial charge in [-0.25, -0.2) is 4.98 Å². The SMILES string of the molecule is CC(C)(C)c1ccnc(-n2c3cc(Oc4cccc(N5CN(c6c(-c7ccccc7-c7ccccc7)cccc6-c6ccccc6-c6ccccc6)c6ccccc65)c4)ccc3c3ccc4c(c5ccccc5n4-c4ccccc4)c32)c1. The maximum absolute atomic E-state index is 7.06. The van der Waals surface area contributed by atoms with Crippen molar-refractivity contribution in [2.45, 2.75) is 26.2 Å². The van der Waals surface area contributed by atoms with E-state index in [1.165, 1.54) is 49.7 Å². The maximum Gasteiger partial charge on any atom is 0.137 e. The quantitative estimate of drug-likeness (QED) is 0.137. The van der Waals surface area contributed by atoms with Crippen LogP contribution in [0.2, 0.25) is 0 Å². The van der Waals surface area contributed by atoms with Gasteiger partial charge < -0.3 is 19.1 Å². The van der Waals surface area contributed by atoms with E-state index in [-0.39, 0.29) is 5.41 Å². The molecule has 0 fully saturated rings. The van der Waals surface area contributed by atoms with Gasteiger partial charge in [0.25, 0.3) is 0 Å². The average molecular weight is 1060 g/mol. The molecule has 11 aromatic carbocycles. The molecule has 392 valence electrons. The van der Waals surface area contributed by atoms with Crippen LogP contribution in [0, 0.1) is 0 Å². The molecular weight excluding hydrogens is 999 g/mol. The lowest BCUT2D eigenvalue weighted by Crippen LogP contribution is -2.25. The molecule has 0 atom stereocenters. The number of aromatic nitrogens is 3. The summed E-state index contributed by atoms with van der Waals surface area (Å²) in [5, 5.41) is 4.65. The van der Waals surface area contributed by atoms with E-state index in [0.717, 1.165) is 89.7 Å². The Morgan fingerprint density at radius 3 is 1.61 bits per heavy atom. The van der Waals surface area contributed by atoms with Gasteiger partial charge in [0.05, 0.1) is 39.1 Å². The Balaban J connectivity index is 0.861. The summed E-state index contributed by atoms with van der Waals surface area (Å²) in [5.41, 5.74) is 20.5. The number of anilines is 4. The third-order valence-electron chi connectivity index (χ3n) is 16.4. The first-order chi connectivity index (χ1) is 40.3. The fourth-order valence-corrected chi connectivity index (χ4v) is 12.6. The fourth-order valence-electron chi connectivity index (χ4n) is 12.6. The highest BCUT2D eigenvalue weighted by molar-refractivity contribution is 6.26. The summed E-state index contributed by atoms with van der Waals surface area (Å²) in [6, 6.07) is 98.3. The van der Waals surface area contributed by atoms with Crippen LogP contribution in [-0.2, 0) is 5.41 Å². The molecular formula is C76H57N5O. The molecule has 0 spiro atoms. The Kier molecular flexibility index (Phi) is 11.7. The average Bonchev–Trinajstić information content (AvgIpc) is 4.40. The van der Waals surface area contributed by atoms with Gasteiger partial charge in [-0.2, -0.15) is 0 Å². The Morgan fingerprint density at radius 1 is 0.378 bits per heavy atom. The van der Waals surface area contributed by atoms with E-state index < -0.39 is 0 Å². The number of ether oxygens (including phenoxy) is 1. The van der Waals surface area contributed by atoms with Crippen molar-refractivity contribution in [3.63, 3.8) is 0 Å². The van der Waals surface area contributed by atoms with Gasteiger partial charge in [-0.1, -0.05) is 209 Å². The van der Waals surface area contributed by atoms with E-state index in [4.69, 9.17) is 9.72 Å². The summed E-state index contributed by atoms with van der Waals surface area (Å²) in [5.74, 6) is 2.34. The van der Waals surface area contributed by atoms with Crippen LogP contribution in [0.4, 0.5) is 22.7 Å². The molecule has 0 aliphatic carbocycles. The van der Waals surface area contributed by atoms with Crippen LogP contribution in [-0.4, -0.2) is 20.8 Å². The van der Waals surface area contributed by atoms with Crippen LogP contribution < -0.4 is 14.5 Å². The van der Waals surface area contributed by atoms with Crippen molar-refractivity contribution in [1.82, 2.24) is 14.1 Å². The van der Waals surface area contributed by atoms with Crippen molar-refractivity contribution in [3.05, 3.63) is 285 Å². The van der Waals surface area contributed by atoms with Crippen molar-refractivity contribution in [3.8, 4) is 67.5 Å². The molecule has 0 bridgehead atoms. The molecule has 15 rings (SSSR count). The fraction of sp³-hybridized carbons (Fsp3) is 0.0658. The van der Waals surface area contributed by atoms with E-state index in [9.17, 15) is 0 Å². The summed E-state index contributed by atoms with van der Waals surface area (Å²) >= 11 is 0. The molecule has 0 N–H and O–H groups in total. The number of pyridine rings is 1. The largest absolute Gasteiger partial charge is 0.457 e. The van der Waals surface area contributed by atoms with E-state index >= 15 is 0 Å². The van der Waals surface area contributed by atoms with Crippen LogP contribution in [0.3, 0.4) is 0 Å². The second-order valence-electron chi connectivity index (χ2n) is 22.3. The Morgan fingerprint density at radius 2 is 0.927 bits per heavy atom. The van der Waals surface area contributed by atoms with Gasteiger partial charge in [0, 0.05) is 62.4 Å². The maximum atomic E-state index is 7.06. The van der Waals surface area contributed by atoms with Gasteiger partial charge in [-0.3, -0.25) is 4.57 Å². The van der Waals surface area contributed by atoms with Crippen LogP contribution in [0.25, 0.3) is 99.6 Å². The molecule has 0 amide bonds. The van der Waals surface area contributed by atoms with Crippen LogP contribution in [0.15, 0.2) is 279 Å². The number of nitrogens with zero attached hydrogens (tertiary/aromatic N) is 5. The lowest BCUT2D eigenvalue weighted by molar-refractivity contribution is 0.483. The molecule has 6 heteroatoms. The molecule has 82 heavy (non-hydrogen) atoms. The summed E-state index contributed by atoms with van der Waals surface area (Å²) < 4.78 is 11.8. The topological polar surface area (TPSA) is 38.5 Å². The Labute approximate surface area is 477 Å². The minimum atomic E-state index is -0.0887. The number of rotatable bonds is 10. The van der Waals surface area contributed by atoms with Crippen LogP contribution >= 0.6 is 0 Å². The first-order valence-electron chi connectivity index (χ1n) is 28.2. The van der Waals surface area contributed by atoms with E-state index in [0.29, 0.717) is 6.67 Å². The Bertz CT molecular complexity index is 4640. The molecule has 3 aromatic heterocycles. The molecule has 1 aliphatic heterocycles. The van der Waals surface area contributed by atoms with Gasteiger partial charge >= 0.3 is 0 Å². The Hall–Kier alpha value is -10.4. The first kappa shape index (κ1) is 48.7. The monoisotopic (exact) mass is 1060 g/mol. The van der Waals surface area contributed by atoms with Gasteiger partial charge in [0.2, 0.25) is 0 Å². The number of benzene rings is 11. The van der Waals surface area contributed by atoms with Gasteiger partial charge in [0.1, 0.15) is 24.0 Å². The summed E-state index contributed by atoms with van der Waals surface area (Å²) in [7, 11) is 0. The standard InChI is InChI=1S/C76H57N5O/c1-76(2,3)53-45-46-77-72(47-53)81-71-49-57(41-42-62(71)65-43-44-70-73(75(65)81)66-35-17-18-38-67(66)80(70)54-27-11-6-12-28-54)82-56-30-21-29-55(48-56)78-50-79(69-40-20-19-39-68(69)78)74-63(60-33-15-13-31-58(60)51-23-7-4-8-24-51)36-22-37-64(74)61-34-16-14-32-59(61)52-25-9-5-10-26-52/h4-49H,50H2,1-3H3. The number of para-hydroxylation sites is 5. The normalized spacial score (nSPS) is 12.5. The predicted octanol–water partition coefficient (Wildman–Crippen LogP) is 20.3. The van der Waals surface area contributed by atoms with Crippen molar-refractivity contribution in [2.24, 2.45) is 0 Å². The van der Waals surface area contributed by atoms with Gasteiger partial charge in [-0.15, -0.1) is 0 Å². The van der Waals surface area contributed by atoms with Crippen LogP contribution in [0.5, 0.6) is 11.5 Å². The molecule has 6 nitrogen and oxygen atoms in total. The third kappa shape index (κ3) is 8.21. The van der Waals surface area contributed by atoms with E-state index in [1.54, 1.807) is 0 Å². The van der Waals surface area contributed by atoms with Crippen LogP contribution in [0.1, 0.15) is 26.3 Å². The highest BCUT2D eigenvalue weighted by atomic mass is 16.5. The number of hydrogen-bond acceptors (Lipinski definition) is 4. The number of fused-ring (bicyclic) bond motifs is 8. The summed E-state index contributed by atoms with van der Waals surface area (Å²) in [6.45, 7) is 7.35. The van der Waals surface area contributed by atoms with E-state index in [1.807, 2.05) is 6.20 Å². The minimum Gasteiger partial charge on any atom is -0.457 e. The second-order valence-corrected chi connectivity index (χ2v) is 22.3. The first-order valence-corrected chi connectivity index (χ1v) is 28.2. The zero-order chi connectivity index (χ0) is 54.9. The summed E-state index contributed by atoms with van der Waals surface area (Å²) in [6.07, 6.45) is 1.96. The molecule has 0 radical (unpaired) electrons. The lowest BCUT2D eigenvalue weighted by atomic mass is 9.88. The van der Waals surface area contributed by atoms with Crippen molar-refractivity contribution >= 4 is 66.4 Å². The molecule has 0 unspecified atom stereocenters. The summed E-state index contributed by atoms with van der Waals surface area (Å²) in [4.78, 5) is 10.1. The molecule has 14 aromatic rings. The van der Waals surface area contributed by atoms with Crippen molar-refractivity contribution in [2.75, 3.05) is 16.5 Å². The van der Waals surface area contributed by atoms with Gasteiger partial charge in [0.15, 0.2) is 0 Å². The highest BCUT2D eigenvalue weighted by Crippen LogP contribution is 2.53. The van der Waals surface area contributed by atoms with Gasteiger partial charge in [-0.05, 0) is 117 Å². The predicted molar refractivity (Wildman–Crippen MR) is 342 cm³/mol. The lowest BCUT2D eigenvalue weighted by Gasteiger charge is -2.28. The van der Waals surface area contributed by atoms with Crippen molar-refractivity contribution < 1.29 is 4.74 Å². The zero-order valence-electron chi connectivity index (χ0n) is 45.9. The third-order valence-corrected chi connectivity index (χ3v) is 16.4. The highest BCUT2D eigenvalue weighted by Gasteiger charge is 2.33. The molecule has 0 saturated carbocycles. The smallest absolute Gasteiger partial charge is 0.137 e. The molecule has 0 saturated heterocycles. The second kappa shape index (κ2) is 19.7.